The molecule has 0 bridgehead atoms. The highest BCUT2D eigenvalue weighted by Gasteiger charge is 2.12. The van der Waals surface area contributed by atoms with Gasteiger partial charge in [-0.2, -0.15) is 5.10 Å². The van der Waals surface area contributed by atoms with Gasteiger partial charge in [-0.3, -0.25) is 9.59 Å². The number of ether oxygens (including phenoxy) is 1. The minimum absolute atomic E-state index is 0.149. The number of nitrogens with one attached hydrogen (secondary N) is 1. The molecule has 2 aromatic heterocycles. The van der Waals surface area contributed by atoms with Crippen molar-refractivity contribution in [1.82, 2.24) is 9.78 Å². The highest BCUT2D eigenvalue weighted by Crippen LogP contribution is 2.30. The number of fused-ring (bicyclic) bond motifs is 3. The molecule has 2 aromatic carbocycles. The molecule has 0 aliphatic rings. The van der Waals surface area contributed by atoms with Gasteiger partial charge in [0.2, 0.25) is 0 Å². The summed E-state index contributed by atoms with van der Waals surface area (Å²) in [6.07, 6.45) is 0. The van der Waals surface area contributed by atoms with Gasteiger partial charge in [0.05, 0.1) is 13.2 Å². The van der Waals surface area contributed by atoms with Crippen LogP contribution >= 0.6 is 0 Å². The number of methoxy groups -OCH3 is 1. The van der Waals surface area contributed by atoms with Crippen LogP contribution in [-0.2, 0) is 11.3 Å². The van der Waals surface area contributed by atoms with E-state index in [-0.39, 0.29) is 17.8 Å². The van der Waals surface area contributed by atoms with Crippen molar-refractivity contribution in [3.8, 4) is 0 Å². The number of furan rings is 1. The lowest BCUT2D eigenvalue weighted by Gasteiger charge is -2.07. The topological polar surface area (TPSA) is 86.4 Å². The standard InChI is InChI=1S/C20H17N3O4/c1-26-11-10-23-19(24)9-8-16(22-23)20(25)21-13-6-7-15-14-4-2-3-5-17(14)27-18(15)12-13/h2-9,12H,10-11H2,1H3,(H,21,25). The van der Waals surface area contributed by atoms with Crippen LogP contribution in [0.25, 0.3) is 21.9 Å². The summed E-state index contributed by atoms with van der Waals surface area (Å²) in [5, 5.41) is 8.89. The van der Waals surface area contributed by atoms with Gasteiger partial charge in [-0.15, -0.1) is 0 Å². The molecule has 0 fully saturated rings. The predicted octanol–water partition coefficient (Wildman–Crippen LogP) is 3.04. The molecule has 0 saturated heterocycles. The van der Waals surface area contributed by atoms with Crippen molar-refractivity contribution in [3.05, 3.63) is 70.6 Å². The smallest absolute Gasteiger partial charge is 0.276 e. The Hall–Kier alpha value is -3.45. The van der Waals surface area contributed by atoms with E-state index in [9.17, 15) is 9.59 Å². The largest absolute Gasteiger partial charge is 0.456 e. The van der Waals surface area contributed by atoms with E-state index in [1.165, 1.54) is 23.9 Å². The number of hydrogen-bond acceptors (Lipinski definition) is 5. The molecule has 0 atom stereocenters. The zero-order valence-electron chi connectivity index (χ0n) is 14.6. The second-order valence-corrected chi connectivity index (χ2v) is 6.04. The molecule has 0 saturated carbocycles. The lowest BCUT2D eigenvalue weighted by atomic mass is 10.1. The third-order valence-electron chi connectivity index (χ3n) is 4.24. The molecule has 7 nitrogen and oxygen atoms in total. The van der Waals surface area contributed by atoms with Crippen molar-refractivity contribution in [1.29, 1.82) is 0 Å². The first-order chi connectivity index (χ1) is 13.2. The van der Waals surface area contributed by atoms with E-state index in [2.05, 4.69) is 10.4 Å². The van der Waals surface area contributed by atoms with Gasteiger partial charge in [0.1, 0.15) is 16.9 Å². The predicted molar refractivity (Wildman–Crippen MR) is 102 cm³/mol. The number of benzene rings is 2. The van der Waals surface area contributed by atoms with Crippen LogP contribution in [0.4, 0.5) is 5.69 Å². The van der Waals surface area contributed by atoms with Gasteiger partial charge in [-0.05, 0) is 24.3 Å². The van der Waals surface area contributed by atoms with Crippen molar-refractivity contribution in [2.45, 2.75) is 6.54 Å². The highest BCUT2D eigenvalue weighted by molar-refractivity contribution is 6.08. The molecule has 4 rings (SSSR count). The van der Waals surface area contributed by atoms with E-state index >= 15 is 0 Å². The molecular formula is C20H17N3O4. The summed E-state index contributed by atoms with van der Waals surface area (Å²) in [7, 11) is 1.54. The molecule has 136 valence electrons. The van der Waals surface area contributed by atoms with E-state index in [1.54, 1.807) is 6.07 Å². The summed E-state index contributed by atoms with van der Waals surface area (Å²) in [6, 6.07) is 16.0. The zero-order chi connectivity index (χ0) is 18.8. The van der Waals surface area contributed by atoms with Gasteiger partial charge in [-0.25, -0.2) is 4.68 Å². The molecule has 1 amide bonds. The van der Waals surface area contributed by atoms with Gasteiger partial charge in [0.25, 0.3) is 11.5 Å². The fourth-order valence-corrected chi connectivity index (χ4v) is 2.91. The summed E-state index contributed by atoms with van der Waals surface area (Å²) < 4.78 is 12.0. The van der Waals surface area contributed by atoms with E-state index in [0.29, 0.717) is 17.9 Å². The first-order valence-electron chi connectivity index (χ1n) is 8.45. The Balaban J connectivity index is 1.61. The maximum absolute atomic E-state index is 12.5. The molecule has 0 aliphatic heterocycles. The minimum atomic E-state index is -0.406. The highest BCUT2D eigenvalue weighted by atomic mass is 16.5. The van der Waals surface area contributed by atoms with Crippen molar-refractivity contribution in [2.75, 3.05) is 19.0 Å². The van der Waals surface area contributed by atoms with E-state index < -0.39 is 5.91 Å². The molecule has 4 aromatic rings. The second kappa shape index (κ2) is 7.05. The van der Waals surface area contributed by atoms with Crippen LogP contribution in [-0.4, -0.2) is 29.4 Å². The number of amides is 1. The van der Waals surface area contributed by atoms with Crippen LogP contribution < -0.4 is 10.9 Å². The molecule has 0 aliphatic carbocycles. The maximum atomic E-state index is 12.5. The fourth-order valence-electron chi connectivity index (χ4n) is 2.91. The van der Waals surface area contributed by atoms with Crippen LogP contribution in [0.15, 0.2) is 63.8 Å². The van der Waals surface area contributed by atoms with Crippen LogP contribution in [0.3, 0.4) is 0 Å². The lowest BCUT2D eigenvalue weighted by molar-refractivity contribution is 0.101. The Morgan fingerprint density at radius 1 is 1.11 bits per heavy atom. The van der Waals surface area contributed by atoms with Gasteiger partial charge >= 0.3 is 0 Å². The average Bonchev–Trinajstić information content (AvgIpc) is 3.05. The number of anilines is 1. The molecule has 27 heavy (non-hydrogen) atoms. The van der Waals surface area contributed by atoms with Crippen molar-refractivity contribution >= 4 is 33.5 Å². The summed E-state index contributed by atoms with van der Waals surface area (Å²) in [4.78, 5) is 24.3. The Bertz CT molecular complexity index is 1190. The van der Waals surface area contributed by atoms with Crippen molar-refractivity contribution in [3.63, 3.8) is 0 Å². The molecule has 0 spiro atoms. The Morgan fingerprint density at radius 2 is 1.93 bits per heavy atom. The van der Waals surface area contributed by atoms with Crippen LogP contribution in [0, 0.1) is 0 Å². The Labute approximate surface area is 154 Å². The third kappa shape index (κ3) is 3.32. The SMILES string of the molecule is COCCn1nc(C(=O)Nc2ccc3c(c2)oc2ccccc23)ccc1=O. The number of carbonyl (C=O) groups excluding carboxylic acids is 1. The maximum Gasteiger partial charge on any atom is 0.276 e. The first-order valence-corrected chi connectivity index (χ1v) is 8.45. The zero-order valence-corrected chi connectivity index (χ0v) is 14.6. The van der Waals surface area contributed by atoms with Crippen LogP contribution in [0.5, 0.6) is 0 Å². The normalized spacial score (nSPS) is 11.1. The number of carbonyl (C=O) groups is 1. The number of aromatic nitrogens is 2. The molecule has 0 unspecified atom stereocenters. The van der Waals surface area contributed by atoms with Gasteiger partial charge < -0.3 is 14.5 Å². The average molecular weight is 363 g/mol. The second-order valence-electron chi connectivity index (χ2n) is 6.04. The lowest BCUT2D eigenvalue weighted by Crippen LogP contribution is -2.27. The summed E-state index contributed by atoms with van der Waals surface area (Å²) >= 11 is 0. The monoisotopic (exact) mass is 363 g/mol. The Morgan fingerprint density at radius 3 is 2.78 bits per heavy atom. The first kappa shape index (κ1) is 17.0. The quantitative estimate of drug-likeness (QED) is 0.589. The minimum Gasteiger partial charge on any atom is -0.456 e. The van der Waals surface area contributed by atoms with Crippen molar-refractivity contribution in [2.24, 2.45) is 0 Å². The number of rotatable bonds is 5. The summed E-state index contributed by atoms with van der Waals surface area (Å²) in [5.74, 6) is -0.406. The van der Waals surface area contributed by atoms with Gasteiger partial charge in [0, 0.05) is 35.7 Å². The third-order valence-corrected chi connectivity index (χ3v) is 4.24. The van der Waals surface area contributed by atoms with Crippen LogP contribution in [0.2, 0.25) is 0 Å². The summed E-state index contributed by atoms with van der Waals surface area (Å²) in [6.45, 7) is 0.613. The van der Waals surface area contributed by atoms with E-state index in [0.717, 1.165) is 16.4 Å². The number of nitrogens with zero attached hydrogens (tertiary/aromatic N) is 2. The fraction of sp³-hybridized carbons (Fsp3) is 0.150. The number of para-hydroxylation sites is 1. The number of hydrogen-bond donors (Lipinski definition) is 1. The summed E-state index contributed by atoms with van der Waals surface area (Å²) in [5.41, 5.74) is 1.93. The van der Waals surface area contributed by atoms with Gasteiger partial charge in [-0.1, -0.05) is 18.2 Å². The van der Waals surface area contributed by atoms with Crippen molar-refractivity contribution < 1.29 is 13.9 Å². The Kier molecular flexibility index (Phi) is 4.43. The van der Waals surface area contributed by atoms with Crippen LogP contribution in [0.1, 0.15) is 10.5 Å². The molecule has 0 radical (unpaired) electrons. The van der Waals surface area contributed by atoms with E-state index in [1.807, 2.05) is 36.4 Å². The molecule has 7 heteroatoms. The molecule has 1 N–H and O–H groups in total. The molecular weight excluding hydrogens is 346 g/mol. The molecule has 2 heterocycles. The van der Waals surface area contributed by atoms with E-state index in [4.69, 9.17) is 9.15 Å². The van der Waals surface area contributed by atoms with Gasteiger partial charge in [0.15, 0.2) is 0 Å².